The van der Waals surface area contributed by atoms with Crippen LogP contribution >= 0.6 is 0 Å². The van der Waals surface area contributed by atoms with E-state index in [1.807, 2.05) is 60.7 Å². The lowest BCUT2D eigenvalue weighted by Gasteiger charge is -2.05. The molecule has 8 heteroatoms. The molecule has 0 spiro atoms. The van der Waals surface area contributed by atoms with Gasteiger partial charge in [-0.1, -0.05) is 24.3 Å². The monoisotopic (exact) mass is 552 g/mol. The van der Waals surface area contributed by atoms with Gasteiger partial charge in [0.15, 0.2) is 0 Å². The number of nitrogens with zero attached hydrogens (tertiary/aromatic N) is 2. The van der Waals surface area contributed by atoms with Crippen molar-refractivity contribution in [3.05, 3.63) is 119 Å². The van der Waals surface area contributed by atoms with E-state index in [1.165, 1.54) is 0 Å². The highest BCUT2D eigenvalue weighted by Crippen LogP contribution is 2.32. The lowest BCUT2D eigenvalue weighted by atomic mass is 10.0. The molecule has 0 saturated carbocycles. The zero-order chi connectivity index (χ0) is 28.8. The molecule has 0 aliphatic carbocycles. The number of aromatic amines is 2. The Morgan fingerprint density at radius 3 is 1.81 bits per heavy atom. The van der Waals surface area contributed by atoms with E-state index in [0.29, 0.717) is 0 Å². The number of aromatic carboxylic acids is 2. The van der Waals surface area contributed by atoms with E-state index in [9.17, 15) is 19.8 Å². The SMILES string of the molecule is O=C(O)c1ccc(-c2c3nc(cc4ccc([nH]4)c(-c4ccc(C(=O)O)cc4)c4nc(cc5ccc2[nH]5)CC4)C=C3)cc1. The van der Waals surface area contributed by atoms with E-state index in [4.69, 9.17) is 9.97 Å². The first-order valence-electron chi connectivity index (χ1n) is 13.5. The van der Waals surface area contributed by atoms with Gasteiger partial charge in [-0.05, 0) is 96.8 Å². The van der Waals surface area contributed by atoms with Crippen molar-refractivity contribution in [1.29, 1.82) is 0 Å². The maximum Gasteiger partial charge on any atom is 0.335 e. The highest BCUT2D eigenvalue weighted by atomic mass is 16.4. The quantitative estimate of drug-likeness (QED) is 0.186. The molecule has 0 saturated heterocycles. The van der Waals surface area contributed by atoms with Crippen LogP contribution in [-0.4, -0.2) is 42.1 Å². The van der Waals surface area contributed by atoms with Gasteiger partial charge < -0.3 is 20.2 Å². The normalized spacial score (nSPS) is 12.4. The molecule has 5 heterocycles. The van der Waals surface area contributed by atoms with Crippen LogP contribution in [0.4, 0.5) is 0 Å². The van der Waals surface area contributed by atoms with Gasteiger partial charge in [0.2, 0.25) is 0 Å². The van der Waals surface area contributed by atoms with Crippen LogP contribution in [0.25, 0.3) is 56.5 Å². The topological polar surface area (TPSA) is 132 Å². The third kappa shape index (κ3) is 4.65. The summed E-state index contributed by atoms with van der Waals surface area (Å²) < 4.78 is 0. The number of hydrogen-bond donors (Lipinski definition) is 4. The lowest BCUT2D eigenvalue weighted by molar-refractivity contribution is 0.0686. The number of fused-ring (bicyclic) bond motifs is 8. The average Bonchev–Trinajstić information content (AvgIpc) is 3.80. The number of aryl methyl sites for hydroxylation is 2. The van der Waals surface area contributed by atoms with Gasteiger partial charge in [0.05, 0.1) is 28.2 Å². The van der Waals surface area contributed by atoms with E-state index in [0.717, 1.165) is 79.9 Å². The van der Waals surface area contributed by atoms with Gasteiger partial charge >= 0.3 is 11.9 Å². The maximum absolute atomic E-state index is 11.4. The Bertz CT molecular complexity index is 2090. The van der Waals surface area contributed by atoms with Crippen LogP contribution < -0.4 is 0 Å². The number of nitrogens with one attached hydrogen (secondary N) is 2. The second-order valence-corrected chi connectivity index (χ2v) is 10.3. The lowest BCUT2D eigenvalue weighted by Crippen LogP contribution is -1.95. The Morgan fingerprint density at radius 2 is 1.19 bits per heavy atom. The largest absolute Gasteiger partial charge is 0.478 e. The summed E-state index contributed by atoms with van der Waals surface area (Å²) in [5, 5.41) is 18.8. The summed E-state index contributed by atoms with van der Waals surface area (Å²) in [4.78, 5) is 39.8. The number of hydrogen-bond acceptors (Lipinski definition) is 4. The van der Waals surface area contributed by atoms with Crippen molar-refractivity contribution in [1.82, 2.24) is 19.9 Å². The number of carboxylic acids is 2. The summed E-state index contributed by atoms with van der Waals surface area (Å²) in [6.45, 7) is 0. The second-order valence-electron chi connectivity index (χ2n) is 10.3. The van der Waals surface area contributed by atoms with Crippen molar-refractivity contribution < 1.29 is 19.8 Å². The summed E-state index contributed by atoms with van der Waals surface area (Å²) in [5.74, 6) is -1.93. The molecule has 42 heavy (non-hydrogen) atoms. The van der Waals surface area contributed by atoms with Crippen LogP contribution in [0.15, 0.2) is 84.9 Å². The van der Waals surface area contributed by atoms with E-state index in [2.05, 4.69) is 9.97 Å². The van der Waals surface area contributed by atoms with Gasteiger partial charge in [-0.15, -0.1) is 0 Å². The molecule has 204 valence electrons. The zero-order valence-electron chi connectivity index (χ0n) is 22.3. The Balaban J connectivity index is 1.49. The molecule has 0 amide bonds. The summed E-state index contributed by atoms with van der Waals surface area (Å²) in [7, 11) is 0. The zero-order valence-corrected chi connectivity index (χ0v) is 22.3. The van der Waals surface area contributed by atoms with E-state index >= 15 is 0 Å². The third-order valence-electron chi connectivity index (χ3n) is 7.53. The fourth-order valence-electron chi connectivity index (χ4n) is 5.52. The molecular weight excluding hydrogens is 528 g/mol. The molecule has 7 rings (SSSR count). The minimum atomic E-state index is -0.971. The number of H-pyrrole nitrogens is 2. The highest BCUT2D eigenvalue weighted by molar-refractivity contribution is 5.93. The van der Waals surface area contributed by atoms with Crippen molar-refractivity contribution in [3.8, 4) is 22.3 Å². The molecule has 0 atom stereocenters. The second kappa shape index (κ2) is 10.0. The molecule has 8 nitrogen and oxygen atoms in total. The molecule has 0 unspecified atom stereocenters. The van der Waals surface area contributed by atoms with Gasteiger partial charge in [-0.2, -0.15) is 0 Å². The summed E-state index contributed by atoms with van der Waals surface area (Å²) in [5.41, 5.74) is 10.9. The summed E-state index contributed by atoms with van der Waals surface area (Å²) in [6.07, 6.45) is 5.42. The van der Waals surface area contributed by atoms with Gasteiger partial charge in [0, 0.05) is 38.9 Å². The summed E-state index contributed by atoms with van der Waals surface area (Å²) >= 11 is 0. The first-order chi connectivity index (χ1) is 20.4. The van der Waals surface area contributed by atoms with Crippen LogP contribution in [0.5, 0.6) is 0 Å². The average molecular weight is 553 g/mol. The first-order valence-corrected chi connectivity index (χ1v) is 13.5. The van der Waals surface area contributed by atoms with Crippen LogP contribution in [0.3, 0.4) is 0 Å². The first kappa shape index (κ1) is 25.2. The van der Waals surface area contributed by atoms with Crippen LogP contribution in [0, 0.1) is 0 Å². The molecule has 8 bridgehead atoms. The Labute approximate surface area is 239 Å². The minimum absolute atomic E-state index is 0.223. The van der Waals surface area contributed by atoms with Crippen molar-refractivity contribution in [2.75, 3.05) is 0 Å². The van der Waals surface area contributed by atoms with E-state index in [1.54, 1.807) is 36.4 Å². The Hall–Kier alpha value is -5.76. The minimum Gasteiger partial charge on any atom is -0.478 e. The molecule has 2 aliphatic heterocycles. The Kier molecular flexibility index (Phi) is 6.01. The van der Waals surface area contributed by atoms with Crippen LogP contribution in [0.1, 0.15) is 43.5 Å². The number of carboxylic acid groups (broad SMARTS) is 2. The number of benzene rings is 2. The van der Waals surface area contributed by atoms with Gasteiger partial charge in [-0.3, -0.25) is 4.98 Å². The summed E-state index contributed by atoms with van der Waals surface area (Å²) in [6, 6.07) is 25.7. The van der Waals surface area contributed by atoms with Crippen molar-refractivity contribution in [2.45, 2.75) is 12.8 Å². The van der Waals surface area contributed by atoms with Crippen molar-refractivity contribution >= 4 is 46.2 Å². The molecule has 3 aromatic heterocycles. The van der Waals surface area contributed by atoms with Crippen molar-refractivity contribution in [3.63, 3.8) is 0 Å². The smallest absolute Gasteiger partial charge is 0.335 e. The molecule has 0 radical (unpaired) electrons. The van der Waals surface area contributed by atoms with E-state index in [-0.39, 0.29) is 11.1 Å². The fraction of sp³-hybridized carbons (Fsp3) is 0.0588. The van der Waals surface area contributed by atoms with Crippen LogP contribution in [0.2, 0.25) is 0 Å². The Morgan fingerprint density at radius 1 is 0.619 bits per heavy atom. The molecule has 2 aliphatic rings. The number of rotatable bonds is 4. The highest BCUT2D eigenvalue weighted by Gasteiger charge is 2.16. The standard InChI is InChI=1S/C34H24N4O4/c39-33(40)21-5-1-19(2-6-21)31-27-13-9-23(35-27)17-25-11-15-29(37-25)32(20-3-7-22(8-4-20)34(41)42)30-16-12-26(38-30)18-24-10-14-28(31)36-24/h1-11,13-15,17-18,36-37H,12,16H2,(H,39,40)(H,41,42). The number of carbonyl (C=O) groups is 2. The fourth-order valence-corrected chi connectivity index (χ4v) is 5.52. The van der Waals surface area contributed by atoms with Crippen LogP contribution in [-0.2, 0) is 12.8 Å². The maximum atomic E-state index is 11.4. The predicted molar refractivity (Wildman–Crippen MR) is 162 cm³/mol. The predicted octanol–water partition coefficient (Wildman–Crippen LogP) is 7.00. The number of aromatic nitrogens is 4. The molecular formula is C34H24N4O4. The molecule has 0 fully saturated rings. The van der Waals surface area contributed by atoms with E-state index < -0.39 is 11.9 Å². The van der Waals surface area contributed by atoms with Gasteiger partial charge in [-0.25, -0.2) is 14.6 Å². The molecule has 4 N–H and O–H groups in total. The van der Waals surface area contributed by atoms with Crippen molar-refractivity contribution in [2.24, 2.45) is 0 Å². The third-order valence-corrected chi connectivity index (χ3v) is 7.53. The van der Waals surface area contributed by atoms with Gasteiger partial charge in [0.1, 0.15) is 0 Å². The molecule has 5 aromatic rings. The van der Waals surface area contributed by atoms with Gasteiger partial charge in [0.25, 0.3) is 0 Å². The molecule has 2 aromatic carbocycles.